The fraction of sp³-hybridized carbons (Fsp3) is 0.667. The highest BCUT2D eigenvalue weighted by Crippen LogP contribution is 2.17. The summed E-state index contributed by atoms with van der Waals surface area (Å²) in [5.41, 5.74) is 0.460. The smallest absolute Gasteiger partial charge is 0.338 e. The molecule has 1 aromatic rings. The summed E-state index contributed by atoms with van der Waals surface area (Å²) < 4.78 is 16.7. The van der Waals surface area contributed by atoms with Crippen LogP contribution in [0.15, 0.2) is 66.8 Å². The molecule has 328 valence electrons. The Bertz CT molecular complexity index is 1220. The first kappa shape index (κ1) is 52.6. The predicted octanol–water partition coefficient (Wildman–Crippen LogP) is 14.1. The van der Waals surface area contributed by atoms with Gasteiger partial charge in [0.1, 0.15) is 0 Å². The maximum absolute atomic E-state index is 13.1. The Hall–Kier alpha value is -3.45. The van der Waals surface area contributed by atoms with Crippen molar-refractivity contribution in [1.82, 2.24) is 4.90 Å². The Morgan fingerprint density at radius 1 is 0.414 bits per heavy atom. The van der Waals surface area contributed by atoms with E-state index in [4.69, 9.17) is 14.2 Å². The third-order valence-corrected chi connectivity index (χ3v) is 10.0. The van der Waals surface area contributed by atoms with Crippen LogP contribution in [-0.4, -0.2) is 63.3 Å². The summed E-state index contributed by atoms with van der Waals surface area (Å²) in [5.74, 6) is -1.67. The molecule has 0 saturated carbocycles. The minimum absolute atomic E-state index is 0.149. The number of ether oxygens (including phenoxy) is 3. The Kier molecular flexibility index (Phi) is 35.4. The number of benzene rings is 1. The number of esters is 3. The summed E-state index contributed by atoms with van der Waals surface area (Å²) in [6.45, 7) is 6.23. The van der Waals surface area contributed by atoms with Gasteiger partial charge in [-0.2, -0.15) is 0 Å². The molecule has 58 heavy (non-hydrogen) atoms. The van der Waals surface area contributed by atoms with Crippen molar-refractivity contribution in [3.05, 3.63) is 83.5 Å². The molecule has 0 aliphatic rings. The molecule has 1 aromatic carbocycles. The van der Waals surface area contributed by atoms with E-state index in [9.17, 15) is 14.4 Å². The highest BCUT2D eigenvalue weighted by molar-refractivity contribution is 6.00. The Morgan fingerprint density at radius 2 is 0.707 bits per heavy atom. The molecule has 0 aliphatic carbocycles. The zero-order valence-corrected chi connectivity index (χ0v) is 37.5. The van der Waals surface area contributed by atoms with E-state index in [-0.39, 0.29) is 23.3 Å². The van der Waals surface area contributed by atoms with Gasteiger partial charge in [0.2, 0.25) is 0 Å². The molecule has 0 fully saturated rings. The molecule has 0 aliphatic heterocycles. The van der Waals surface area contributed by atoms with Gasteiger partial charge in [0, 0.05) is 0 Å². The molecule has 0 N–H and O–H groups in total. The Morgan fingerprint density at radius 3 is 1.03 bits per heavy atom. The van der Waals surface area contributed by atoms with Crippen LogP contribution in [0.3, 0.4) is 0 Å². The quantitative estimate of drug-likeness (QED) is 0.0285. The number of nitrogens with zero attached hydrogens (tertiary/aromatic N) is 1. The van der Waals surface area contributed by atoms with E-state index in [1.165, 1.54) is 108 Å². The van der Waals surface area contributed by atoms with Crippen molar-refractivity contribution in [2.45, 2.75) is 181 Å². The maximum Gasteiger partial charge on any atom is 0.338 e. The predicted molar refractivity (Wildman–Crippen MR) is 244 cm³/mol. The molecule has 0 atom stereocenters. The third kappa shape index (κ3) is 31.5. The summed E-state index contributed by atoms with van der Waals surface area (Å²) in [6, 6.07) is 4.39. The summed E-state index contributed by atoms with van der Waals surface area (Å²) >= 11 is 0. The summed E-state index contributed by atoms with van der Waals surface area (Å²) in [6.07, 6.45) is 47.2. The lowest BCUT2D eigenvalue weighted by molar-refractivity contribution is 0.0494. The maximum atomic E-state index is 13.1. The zero-order chi connectivity index (χ0) is 42.2. The highest BCUT2D eigenvalue weighted by Gasteiger charge is 2.19. The van der Waals surface area contributed by atoms with Crippen molar-refractivity contribution in [3.63, 3.8) is 0 Å². The van der Waals surface area contributed by atoms with Crippen molar-refractivity contribution in [2.24, 2.45) is 0 Å². The van der Waals surface area contributed by atoms with Gasteiger partial charge in [-0.25, -0.2) is 14.4 Å². The number of hydrogen-bond acceptors (Lipinski definition) is 7. The summed E-state index contributed by atoms with van der Waals surface area (Å²) in [5, 5.41) is 0. The second kappa shape index (κ2) is 39.0. The first-order valence-corrected chi connectivity index (χ1v) is 23.3. The van der Waals surface area contributed by atoms with Gasteiger partial charge in [-0.3, -0.25) is 0 Å². The third-order valence-electron chi connectivity index (χ3n) is 10.0. The number of unbranched alkanes of at least 4 members (excludes halogenated alkanes) is 19. The fourth-order valence-electron chi connectivity index (χ4n) is 6.44. The normalized spacial score (nSPS) is 11.9. The van der Waals surface area contributed by atoms with Crippen LogP contribution in [0.25, 0.3) is 0 Å². The molecule has 0 amide bonds. The number of rotatable bonds is 38. The van der Waals surface area contributed by atoms with Crippen LogP contribution in [0, 0.1) is 0 Å². The second-order valence-corrected chi connectivity index (χ2v) is 15.9. The molecule has 0 spiro atoms. The van der Waals surface area contributed by atoms with E-state index in [1.54, 1.807) is 0 Å². The number of carbonyl (C=O) groups is 3. The van der Waals surface area contributed by atoms with E-state index >= 15 is 0 Å². The fourth-order valence-corrected chi connectivity index (χ4v) is 6.44. The first-order chi connectivity index (χ1) is 28.4. The van der Waals surface area contributed by atoms with Crippen LogP contribution >= 0.6 is 0 Å². The van der Waals surface area contributed by atoms with Crippen LogP contribution in [0.1, 0.15) is 212 Å². The standard InChI is InChI=1S/C51H83NO6/c1-5-7-9-11-13-15-17-19-21-23-25-27-29-31-33-36-40-56-49(53)46-43-47(45-48(44-46)51(55)58-42-38-35-39-52(3)4)50(54)57-41-37-34-32-30-28-26-24-22-20-18-16-14-12-10-8-6-2/h13-16,19-22,43-45H,5-12,17-18,23-42H2,1-4H3/b15-13-,16-14-,21-19-,22-20-. The first-order valence-electron chi connectivity index (χ1n) is 23.3. The van der Waals surface area contributed by atoms with E-state index in [0.717, 1.165) is 83.6 Å². The average Bonchev–Trinajstić information content (AvgIpc) is 3.22. The van der Waals surface area contributed by atoms with Crippen LogP contribution in [0.2, 0.25) is 0 Å². The molecule has 7 nitrogen and oxygen atoms in total. The molecule has 7 heteroatoms. The van der Waals surface area contributed by atoms with Gasteiger partial charge in [0.25, 0.3) is 0 Å². The highest BCUT2D eigenvalue weighted by atomic mass is 16.5. The van der Waals surface area contributed by atoms with Crippen LogP contribution < -0.4 is 0 Å². The molecule has 0 bridgehead atoms. The van der Waals surface area contributed by atoms with Gasteiger partial charge in [-0.1, -0.05) is 140 Å². The topological polar surface area (TPSA) is 82.1 Å². The Balaban J connectivity index is 2.45. The van der Waals surface area contributed by atoms with Gasteiger partial charge < -0.3 is 19.1 Å². The van der Waals surface area contributed by atoms with E-state index < -0.39 is 17.9 Å². The number of hydrogen-bond donors (Lipinski definition) is 0. The molecule has 0 heterocycles. The van der Waals surface area contributed by atoms with Crippen molar-refractivity contribution < 1.29 is 28.6 Å². The monoisotopic (exact) mass is 806 g/mol. The van der Waals surface area contributed by atoms with Gasteiger partial charge in [-0.05, 0) is 129 Å². The molecule has 1 rings (SSSR count). The van der Waals surface area contributed by atoms with Crippen molar-refractivity contribution in [3.8, 4) is 0 Å². The van der Waals surface area contributed by atoms with Crippen molar-refractivity contribution >= 4 is 17.9 Å². The average molecular weight is 806 g/mol. The van der Waals surface area contributed by atoms with Gasteiger partial charge in [0.05, 0.1) is 36.5 Å². The zero-order valence-electron chi connectivity index (χ0n) is 37.5. The second-order valence-electron chi connectivity index (χ2n) is 15.9. The lowest BCUT2D eigenvalue weighted by Crippen LogP contribution is -2.15. The SMILES string of the molecule is CCCCC/C=C\C/C=C\CCCCCCCCOC(=O)c1cc(C(=O)OCCCCCCCC/C=C\C/C=C\CCCCC)cc(C(=O)OCCCCN(C)C)c1. The number of carbonyl (C=O) groups excluding carboxylic acids is 3. The number of allylic oxidation sites excluding steroid dienone is 8. The lowest BCUT2D eigenvalue weighted by atomic mass is 10.1. The lowest BCUT2D eigenvalue weighted by Gasteiger charge is -2.11. The van der Waals surface area contributed by atoms with Crippen LogP contribution in [-0.2, 0) is 14.2 Å². The minimum Gasteiger partial charge on any atom is -0.462 e. The molecular formula is C51H83NO6. The molecule has 0 saturated heterocycles. The van der Waals surface area contributed by atoms with Crippen molar-refractivity contribution in [2.75, 3.05) is 40.5 Å². The molecular weight excluding hydrogens is 723 g/mol. The van der Waals surface area contributed by atoms with Gasteiger partial charge >= 0.3 is 17.9 Å². The minimum atomic E-state index is -0.566. The van der Waals surface area contributed by atoms with Crippen molar-refractivity contribution in [1.29, 1.82) is 0 Å². The van der Waals surface area contributed by atoms with Gasteiger partial charge in [0.15, 0.2) is 0 Å². The molecule has 0 aromatic heterocycles. The van der Waals surface area contributed by atoms with Crippen LogP contribution in [0.5, 0.6) is 0 Å². The largest absolute Gasteiger partial charge is 0.462 e. The summed E-state index contributed by atoms with van der Waals surface area (Å²) in [7, 11) is 4.01. The molecule has 0 unspecified atom stereocenters. The summed E-state index contributed by atoms with van der Waals surface area (Å²) in [4.78, 5) is 41.3. The Labute approximate surface area is 355 Å². The molecule has 0 radical (unpaired) electrons. The van der Waals surface area contributed by atoms with E-state index in [2.05, 4.69) is 67.4 Å². The van der Waals surface area contributed by atoms with Gasteiger partial charge in [-0.15, -0.1) is 0 Å². The van der Waals surface area contributed by atoms with Crippen LogP contribution in [0.4, 0.5) is 0 Å². The van der Waals surface area contributed by atoms with E-state index in [1.807, 2.05) is 14.1 Å². The van der Waals surface area contributed by atoms with E-state index in [0.29, 0.717) is 13.2 Å².